The molecule has 1 unspecified atom stereocenters. The highest BCUT2D eigenvalue weighted by Crippen LogP contribution is 2.33. The first-order valence-corrected chi connectivity index (χ1v) is 7.37. The van der Waals surface area contributed by atoms with Gasteiger partial charge in [0, 0.05) is 24.8 Å². The molecule has 1 amide bonds. The average molecular weight is 349 g/mol. The van der Waals surface area contributed by atoms with Crippen molar-refractivity contribution in [2.75, 3.05) is 5.32 Å². The number of halogens is 3. The van der Waals surface area contributed by atoms with E-state index in [0.717, 1.165) is 12.1 Å². The molecule has 2 aromatic heterocycles. The maximum atomic E-state index is 13.0. The van der Waals surface area contributed by atoms with Crippen LogP contribution in [0.2, 0.25) is 0 Å². The third-order valence-electron chi connectivity index (χ3n) is 3.63. The van der Waals surface area contributed by atoms with E-state index in [4.69, 9.17) is 0 Å². The van der Waals surface area contributed by atoms with E-state index in [0.29, 0.717) is 5.69 Å². The van der Waals surface area contributed by atoms with Crippen molar-refractivity contribution in [2.24, 2.45) is 0 Å². The van der Waals surface area contributed by atoms with Gasteiger partial charge in [-0.1, -0.05) is 0 Å². The number of nitrogens with zero attached hydrogens (tertiary/aromatic N) is 4. The Morgan fingerprint density at radius 3 is 2.48 bits per heavy atom. The molecule has 0 saturated heterocycles. The Morgan fingerprint density at radius 1 is 1.16 bits per heavy atom. The minimum atomic E-state index is -4.52. The lowest BCUT2D eigenvalue weighted by molar-refractivity contribution is -0.137. The Labute approximate surface area is 140 Å². The molecule has 0 aliphatic carbocycles. The zero-order valence-corrected chi connectivity index (χ0v) is 13.1. The summed E-state index contributed by atoms with van der Waals surface area (Å²) < 4.78 is 41.8. The quantitative estimate of drug-likeness (QED) is 0.786. The van der Waals surface area contributed by atoms with Crippen LogP contribution in [0, 0.1) is 0 Å². The molecule has 1 N–H and O–H groups in total. The molecule has 9 heteroatoms. The first-order valence-electron chi connectivity index (χ1n) is 7.37. The van der Waals surface area contributed by atoms with Gasteiger partial charge in [0.2, 0.25) is 5.91 Å². The zero-order chi connectivity index (χ0) is 18.0. The summed E-state index contributed by atoms with van der Waals surface area (Å²) in [5, 5.41) is 10.5. The summed E-state index contributed by atoms with van der Waals surface area (Å²) in [4.78, 5) is 12.4. The smallest absolute Gasteiger partial charge is 0.322 e. The Balaban J connectivity index is 1.96. The molecular formula is C16H14F3N5O. The van der Waals surface area contributed by atoms with E-state index in [-0.39, 0.29) is 5.69 Å². The number of carbonyl (C=O) groups excluding carboxylic acids is 1. The molecule has 0 bridgehead atoms. The highest BCUT2D eigenvalue weighted by atomic mass is 19.4. The second kappa shape index (κ2) is 6.42. The van der Waals surface area contributed by atoms with Gasteiger partial charge in [-0.15, -0.1) is 0 Å². The predicted octanol–water partition coefficient (Wildman–Crippen LogP) is 3.29. The van der Waals surface area contributed by atoms with Crippen molar-refractivity contribution in [1.29, 1.82) is 0 Å². The van der Waals surface area contributed by atoms with Crippen LogP contribution in [0.4, 0.5) is 18.9 Å². The lowest BCUT2D eigenvalue weighted by Crippen LogP contribution is -2.25. The molecule has 0 aliphatic heterocycles. The number of rotatable bonds is 4. The van der Waals surface area contributed by atoms with Crippen LogP contribution in [0.15, 0.2) is 55.1 Å². The van der Waals surface area contributed by atoms with Gasteiger partial charge in [0.25, 0.3) is 0 Å². The summed E-state index contributed by atoms with van der Waals surface area (Å²) in [6.07, 6.45) is 1.68. The Hall–Kier alpha value is -3.10. The van der Waals surface area contributed by atoms with Crippen molar-refractivity contribution in [2.45, 2.75) is 19.1 Å². The molecule has 1 atom stereocenters. The molecule has 2 heterocycles. The minimum absolute atomic E-state index is 0.0162. The fourth-order valence-corrected chi connectivity index (χ4v) is 2.29. The molecule has 3 aromatic rings. The zero-order valence-electron chi connectivity index (χ0n) is 13.1. The number of anilines is 1. The lowest BCUT2D eigenvalue weighted by Gasteiger charge is -2.17. The van der Waals surface area contributed by atoms with Gasteiger partial charge >= 0.3 is 6.18 Å². The topological polar surface area (TPSA) is 64.7 Å². The Kier molecular flexibility index (Phi) is 4.30. The Morgan fingerprint density at radius 2 is 1.88 bits per heavy atom. The van der Waals surface area contributed by atoms with Gasteiger partial charge in [-0.3, -0.25) is 9.48 Å². The van der Waals surface area contributed by atoms with E-state index in [2.05, 4.69) is 15.5 Å². The molecule has 0 fully saturated rings. The summed E-state index contributed by atoms with van der Waals surface area (Å²) in [5.41, 5.74) is -0.507. The molecule has 3 rings (SSSR count). The van der Waals surface area contributed by atoms with E-state index >= 15 is 0 Å². The maximum Gasteiger partial charge on any atom is 0.416 e. The average Bonchev–Trinajstić information content (AvgIpc) is 3.26. The van der Waals surface area contributed by atoms with Crippen molar-refractivity contribution in [3.63, 3.8) is 0 Å². The summed E-state index contributed by atoms with van der Waals surface area (Å²) in [5.74, 6) is -0.489. The van der Waals surface area contributed by atoms with Crippen molar-refractivity contribution in [3.05, 3.63) is 60.7 Å². The largest absolute Gasteiger partial charge is 0.416 e. The molecule has 6 nitrogen and oxygen atoms in total. The van der Waals surface area contributed by atoms with Gasteiger partial charge in [0.05, 0.1) is 16.9 Å². The van der Waals surface area contributed by atoms with Crippen molar-refractivity contribution in [3.8, 4) is 5.69 Å². The van der Waals surface area contributed by atoms with E-state index < -0.39 is 23.7 Å². The van der Waals surface area contributed by atoms with Crippen molar-refractivity contribution < 1.29 is 18.0 Å². The van der Waals surface area contributed by atoms with Gasteiger partial charge in [0.1, 0.15) is 6.04 Å². The normalized spacial score (nSPS) is 12.8. The number of amides is 1. The monoisotopic (exact) mass is 349 g/mol. The van der Waals surface area contributed by atoms with E-state index in [1.165, 1.54) is 27.8 Å². The van der Waals surface area contributed by atoms with Crippen LogP contribution in [0.25, 0.3) is 5.69 Å². The number of alkyl halides is 3. The molecule has 1 aromatic carbocycles. The van der Waals surface area contributed by atoms with Crippen LogP contribution < -0.4 is 5.32 Å². The number of hydrogen-bond donors (Lipinski definition) is 1. The summed E-state index contributed by atoms with van der Waals surface area (Å²) in [6, 6.07) is 5.71. The molecule has 0 saturated carbocycles. The highest BCUT2D eigenvalue weighted by molar-refractivity contribution is 5.95. The van der Waals surface area contributed by atoms with E-state index in [1.807, 2.05) is 0 Å². The van der Waals surface area contributed by atoms with Gasteiger partial charge in [-0.25, -0.2) is 4.68 Å². The first-order chi connectivity index (χ1) is 11.9. The fourth-order valence-electron chi connectivity index (χ4n) is 2.29. The van der Waals surface area contributed by atoms with Crippen LogP contribution in [-0.4, -0.2) is 25.5 Å². The fraction of sp³-hybridized carbons (Fsp3) is 0.188. The number of nitrogens with one attached hydrogen (secondary N) is 1. The summed E-state index contributed by atoms with van der Waals surface area (Å²) in [6.45, 7) is 1.60. The second-order valence-corrected chi connectivity index (χ2v) is 5.33. The standard InChI is InChI=1S/C16H14F3N5O/c1-11(23-8-2-6-20-23)15(25)22-13-10-12(16(17,18)19)4-5-14(13)24-9-3-7-21-24/h2-11H,1H3,(H,22,25). The molecule has 25 heavy (non-hydrogen) atoms. The number of hydrogen-bond acceptors (Lipinski definition) is 3. The lowest BCUT2D eigenvalue weighted by atomic mass is 10.1. The van der Waals surface area contributed by atoms with Crippen LogP contribution in [-0.2, 0) is 11.0 Å². The van der Waals surface area contributed by atoms with Crippen LogP contribution in [0.1, 0.15) is 18.5 Å². The third-order valence-corrected chi connectivity index (χ3v) is 3.63. The van der Waals surface area contributed by atoms with Gasteiger partial charge in [0.15, 0.2) is 0 Å². The second-order valence-electron chi connectivity index (χ2n) is 5.33. The minimum Gasteiger partial charge on any atom is -0.322 e. The van der Waals surface area contributed by atoms with E-state index in [9.17, 15) is 18.0 Å². The van der Waals surface area contributed by atoms with Crippen molar-refractivity contribution in [1.82, 2.24) is 19.6 Å². The number of benzene rings is 1. The highest BCUT2D eigenvalue weighted by Gasteiger charge is 2.31. The van der Waals surface area contributed by atoms with Gasteiger partial charge in [-0.05, 0) is 37.3 Å². The van der Waals surface area contributed by atoms with Crippen LogP contribution in [0.5, 0.6) is 0 Å². The first kappa shape index (κ1) is 16.7. The number of carbonyl (C=O) groups is 1. The molecule has 130 valence electrons. The van der Waals surface area contributed by atoms with Gasteiger partial charge < -0.3 is 5.32 Å². The molecule has 0 radical (unpaired) electrons. The summed E-state index contributed by atoms with van der Waals surface area (Å²) in [7, 11) is 0. The van der Waals surface area contributed by atoms with Crippen LogP contribution >= 0.6 is 0 Å². The molecule has 0 aliphatic rings. The SMILES string of the molecule is CC(C(=O)Nc1cc(C(F)(F)F)ccc1-n1cccn1)n1cccn1. The third kappa shape index (κ3) is 3.54. The molecule has 0 spiro atoms. The number of aromatic nitrogens is 4. The maximum absolute atomic E-state index is 13.0. The van der Waals surface area contributed by atoms with Crippen molar-refractivity contribution >= 4 is 11.6 Å². The Bertz CT molecular complexity index is 857. The van der Waals surface area contributed by atoms with E-state index in [1.54, 1.807) is 31.5 Å². The summed E-state index contributed by atoms with van der Waals surface area (Å²) >= 11 is 0. The van der Waals surface area contributed by atoms with Gasteiger partial charge in [-0.2, -0.15) is 23.4 Å². The molecular weight excluding hydrogens is 335 g/mol. The van der Waals surface area contributed by atoms with Crippen LogP contribution in [0.3, 0.4) is 0 Å². The predicted molar refractivity (Wildman–Crippen MR) is 84.1 cm³/mol.